The molecule has 29 heavy (non-hydrogen) atoms. The Bertz CT molecular complexity index is 850. The van der Waals surface area contributed by atoms with Gasteiger partial charge in [0, 0.05) is 16.2 Å². The molecule has 0 spiro atoms. The van der Waals surface area contributed by atoms with Gasteiger partial charge in [0.25, 0.3) is 5.91 Å². The Morgan fingerprint density at radius 2 is 1.86 bits per heavy atom. The van der Waals surface area contributed by atoms with Crippen molar-refractivity contribution in [2.75, 3.05) is 13.7 Å². The summed E-state index contributed by atoms with van der Waals surface area (Å²) in [6, 6.07) is 15.9. The van der Waals surface area contributed by atoms with E-state index < -0.39 is 36.9 Å². The smallest absolute Gasteiger partial charge is 0.252 e. The lowest BCUT2D eigenvalue weighted by Crippen LogP contribution is -2.66. The molecule has 0 saturated carbocycles. The van der Waals surface area contributed by atoms with E-state index in [-0.39, 0.29) is 12.5 Å². The highest BCUT2D eigenvalue weighted by atomic mass is 127. The van der Waals surface area contributed by atoms with Crippen molar-refractivity contribution in [2.24, 2.45) is 0 Å². The maximum atomic E-state index is 12.8. The van der Waals surface area contributed by atoms with Crippen molar-refractivity contribution in [1.29, 1.82) is 0 Å². The predicted octanol–water partition coefficient (Wildman–Crippen LogP) is 2.24. The van der Waals surface area contributed by atoms with Gasteiger partial charge >= 0.3 is 0 Å². The monoisotopic (exact) mass is 511 g/mol. The summed E-state index contributed by atoms with van der Waals surface area (Å²) < 4.78 is 23.9. The van der Waals surface area contributed by atoms with Crippen molar-refractivity contribution < 1.29 is 28.8 Å². The number of benzene rings is 2. The van der Waals surface area contributed by atoms with Gasteiger partial charge in [-0.1, -0.05) is 42.5 Å². The highest BCUT2D eigenvalue weighted by molar-refractivity contribution is 14.1. The standard InChI is InChI=1S/C21H22INO6/c1-26-21-16(23-19(25)13-9-5-6-10-14(13)22)17(24)18-15(28-21)11-27-20(29-18)12-7-3-2-4-8-12/h2-10,15-18,20-21,24H,11H2,1H3,(H,23,25)/t15-,16-,17-,18-,20?,21+/m1/s1. The number of aliphatic hydroxyl groups is 1. The Morgan fingerprint density at radius 3 is 2.59 bits per heavy atom. The van der Waals surface area contributed by atoms with Gasteiger partial charge < -0.3 is 29.4 Å². The normalized spacial score (nSPS) is 31.7. The number of fused-ring (bicyclic) bond motifs is 1. The maximum Gasteiger partial charge on any atom is 0.252 e. The molecule has 2 saturated heterocycles. The number of methoxy groups -OCH3 is 1. The quantitative estimate of drug-likeness (QED) is 0.613. The van der Waals surface area contributed by atoms with Crippen molar-refractivity contribution >= 4 is 28.5 Å². The summed E-state index contributed by atoms with van der Waals surface area (Å²) in [5, 5.41) is 13.9. The van der Waals surface area contributed by atoms with Crippen LogP contribution in [0.5, 0.6) is 0 Å². The van der Waals surface area contributed by atoms with Crippen LogP contribution in [0.4, 0.5) is 0 Å². The maximum absolute atomic E-state index is 12.8. The molecule has 2 fully saturated rings. The lowest BCUT2D eigenvalue weighted by molar-refractivity contribution is -0.340. The van der Waals surface area contributed by atoms with Crippen LogP contribution in [0.3, 0.4) is 0 Å². The number of hydrogen-bond donors (Lipinski definition) is 2. The molecule has 154 valence electrons. The third-order valence-corrected chi connectivity index (χ3v) is 6.03. The molecule has 2 heterocycles. The molecule has 0 radical (unpaired) electrons. The largest absolute Gasteiger partial charge is 0.388 e. The summed E-state index contributed by atoms with van der Waals surface area (Å²) in [5.74, 6) is -0.310. The first-order chi connectivity index (χ1) is 14.1. The number of carbonyl (C=O) groups excluding carboxylic acids is 1. The van der Waals surface area contributed by atoms with E-state index in [0.29, 0.717) is 5.56 Å². The second kappa shape index (κ2) is 9.07. The third kappa shape index (κ3) is 4.32. The molecule has 2 aromatic carbocycles. The zero-order valence-electron chi connectivity index (χ0n) is 15.7. The van der Waals surface area contributed by atoms with Gasteiger partial charge in [-0.05, 0) is 34.7 Å². The minimum Gasteiger partial charge on any atom is -0.388 e. The van der Waals surface area contributed by atoms with Crippen LogP contribution in [-0.2, 0) is 18.9 Å². The Balaban J connectivity index is 1.52. The van der Waals surface area contributed by atoms with Crippen LogP contribution in [0.2, 0.25) is 0 Å². The minimum atomic E-state index is -1.03. The average Bonchev–Trinajstić information content (AvgIpc) is 2.76. The number of carbonyl (C=O) groups is 1. The van der Waals surface area contributed by atoms with Crippen LogP contribution in [0.15, 0.2) is 54.6 Å². The fraction of sp³-hybridized carbons (Fsp3) is 0.381. The number of rotatable bonds is 4. The van der Waals surface area contributed by atoms with E-state index in [4.69, 9.17) is 18.9 Å². The molecule has 1 unspecified atom stereocenters. The fourth-order valence-corrected chi connectivity index (χ4v) is 4.23. The second-order valence-electron chi connectivity index (χ2n) is 6.92. The molecule has 1 amide bonds. The summed E-state index contributed by atoms with van der Waals surface area (Å²) in [4.78, 5) is 12.8. The zero-order chi connectivity index (χ0) is 20.4. The van der Waals surface area contributed by atoms with Gasteiger partial charge in [0.2, 0.25) is 0 Å². The number of amides is 1. The summed E-state index contributed by atoms with van der Waals surface area (Å²) in [7, 11) is 1.47. The molecule has 6 atom stereocenters. The molecular formula is C21H22INO6. The Morgan fingerprint density at radius 1 is 1.14 bits per heavy atom. The first-order valence-corrected chi connectivity index (χ1v) is 10.4. The number of hydrogen-bond acceptors (Lipinski definition) is 6. The highest BCUT2D eigenvalue weighted by Crippen LogP contribution is 2.34. The van der Waals surface area contributed by atoms with E-state index in [9.17, 15) is 9.90 Å². The predicted molar refractivity (Wildman–Crippen MR) is 112 cm³/mol. The van der Waals surface area contributed by atoms with Crippen LogP contribution in [0.1, 0.15) is 22.2 Å². The van der Waals surface area contributed by atoms with E-state index >= 15 is 0 Å². The molecular weight excluding hydrogens is 489 g/mol. The van der Waals surface area contributed by atoms with Crippen LogP contribution in [0, 0.1) is 3.57 Å². The van der Waals surface area contributed by atoms with Gasteiger partial charge in [-0.15, -0.1) is 0 Å². The lowest BCUT2D eigenvalue weighted by atomic mass is 9.95. The Hall–Kier alpha value is -1.56. The van der Waals surface area contributed by atoms with Gasteiger partial charge in [-0.3, -0.25) is 4.79 Å². The molecule has 0 aliphatic carbocycles. The molecule has 2 aromatic rings. The van der Waals surface area contributed by atoms with Gasteiger partial charge in [0.15, 0.2) is 12.6 Å². The summed E-state index contributed by atoms with van der Waals surface area (Å²) in [6.45, 7) is 0.248. The molecule has 8 heteroatoms. The zero-order valence-corrected chi connectivity index (χ0v) is 17.9. The van der Waals surface area contributed by atoms with Gasteiger partial charge in [0.05, 0.1) is 12.2 Å². The van der Waals surface area contributed by atoms with E-state index in [2.05, 4.69) is 27.9 Å². The van der Waals surface area contributed by atoms with E-state index in [1.54, 1.807) is 12.1 Å². The van der Waals surface area contributed by atoms with Crippen LogP contribution < -0.4 is 5.32 Å². The number of halogens is 1. The number of ether oxygens (including phenoxy) is 4. The second-order valence-corrected chi connectivity index (χ2v) is 8.09. The first kappa shape index (κ1) is 20.7. The Kier molecular flexibility index (Phi) is 6.47. The van der Waals surface area contributed by atoms with Crippen molar-refractivity contribution in [2.45, 2.75) is 36.9 Å². The average molecular weight is 511 g/mol. The number of aliphatic hydroxyl groups excluding tert-OH is 1. The van der Waals surface area contributed by atoms with Crippen molar-refractivity contribution in [3.8, 4) is 0 Å². The van der Waals surface area contributed by atoms with Gasteiger partial charge in [-0.25, -0.2) is 0 Å². The summed E-state index contributed by atoms with van der Waals surface area (Å²) in [5.41, 5.74) is 1.37. The van der Waals surface area contributed by atoms with Crippen LogP contribution in [0.25, 0.3) is 0 Å². The first-order valence-electron chi connectivity index (χ1n) is 9.32. The van der Waals surface area contributed by atoms with Crippen LogP contribution >= 0.6 is 22.6 Å². The molecule has 2 N–H and O–H groups in total. The fourth-order valence-electron chi connectivity index (χ4n) is 3.60. The van der Waals surface area contributed by atoms with Gasteiger partial charge in [0.1, 0.15) is 24.4 Å². The molecule has 2 aliphatic rings. The van der Waals surface area contributed by atoms with E-state index in [1.165, 1.54) is 7.11 Å². The number of nitrogens with one attached hydrogen (secondary N) is 1. The molecule has 4 rings (SSSR count). The topological polar surface area (TPSA) is 86.2 Å². The van der Waals surface area contributed by atoms with Crippen molar-refractivity contribution in [3.63, 3.8) is 0 Å². The third-order valence-electron chi connectivity index (χ3n) is 5.09. The van der Waals surface area contributed by atoms with Gasteiger partial charge in [-0.2, -0.15) is 0 Å². The molecule has 0 aromatic heterocycles. The SMILES string of the molecule is CO[C@H]1O[C@@H]2COC(c3ccccc3)O[C@H]2[C@H](O)[C@H]1NC(=O)c1ccccc1I. The molecule has 2 aliphatic heterocycles. The summed E-state index contributed by atoms with van der Waals surface area (Å²) >= 11 is 2.10. The summed E-state index contributed by atoms with van der Waals surface area (Å²) in [6.07, 6.45) is -3.63. The van der Waals surface area contributed by atoms with E-state index in [1.807, 2.05) is 42.5 Å². The molecule has 7 nitrogen and oxygen atoms in total. The van der Waals surface area contributed by atoms with E-state index in [0.717, 1.165) is 9.13 Å². The van der Waals surface area contributed by atoms with Crippen molar-refractivity contribution in [3.05, 3.63) is 69.3 Å². The molecule has 0 bridgehead atoms. The van der Waals surface area contributed by atoms with Crippen molar-refractivity contribution in [1.82, 2.24) is 5.32 Å². The minimum absolute atomic E-state index is 0.248. The lowest BCUT2D eigenvalue weighted by Gasteiger charge is -2.47. The highest BCUT2D eigenvalue weighted by Gasteiger charge is 2.50. The van der Waals surface area contributed by atoms with Crippen LogP contribution in [-0.4, -0.2) is 55.4 Å². The Labute approximate surface area is 182 Å².